The van der Waals surface area contributed by atoms with Crippen LogP contribution in [0.4, 0.5) is 0 Å². The molecule has 9 nitrogen and oxygen atoms in total. The largest absolute Gasteiger partial charge is 0.397 e. The molecule has 0 unspecified atom stereocenters. The number of aliphatic hydroxyl groups excluding tert-OH is 2. The van der Waals surface area contributed by atoms with E-state index in [1.165, 1.54) is 0 Å². The molecule has 0 bridgehead atoms. The second-order valence-corrected chi connectivity index (χ2v) is 7.85. The molecule has 2 aromatic rings. The molecule has 2 aromatic carbocycles. The van der Waals surface area contributed by atoms with Crippen LogP contribution in [0.5, 0.6) is 0 Å². The van der Waals surface area contributed by atoms with Crippen LogP contribution in [0.15, 0.2) is 60.7 Å². The topological polar surface area (TPSA) is 132 Å². The Kier molecular flexibility index (Phi) is 7.92. The zero-order valence-electron chi connectivity index (χ0n) is 16.0. The summed E-state index contributed by atoms with van der Waals surface area (Å²) in [6.45, 7) is 0.0737. The van der Waals surface area contributed by atoms with E-state index in [9.17, 15) is 18.6 Å². The van der Waals surface area contributed by atoms with Gasteiger partial charge in [-0.25, -0.2) is 4.18 Å². The van der Waals surface area contributed by atoms with Crippen molar-refractivity contribution < 1.29 is 41.6 Å². The molecule has 3 N–H and O–H groups in total. The second kappa shape index (κ2) is 10.4. The van der Waals surface area contributed by atoms with E-state index in [4.69, 9.17) is 18.8 Å². The van der Waals surface area contributed by atoms with Gasteiger partial charge in [-0.15, -0.1) is 0 Å². The Balaban J connectivity index is 1.65. The molecule has 0 amide bonds. The van der Waals surface area contributed by atoms with Gasteiger partial charge in [-0.2, -0.15) is 8.42 Å². The summed E-state index contributed by atoms with van der Waals surface area (Å²) in [7, 11) is -4.93. The van der Waals surface area contributed by atoms with E-state index in [0.29, 0.717) is 0 Å². The minimum Gasteiger partial charge on any atom is -0.387 e. The van der Waals surface area contributed by atoms with Crippen molar-refractivity contribution in [3.8, 4) is 0 Å². The average Bonchev–Trinajstić information content (AvgIpc) is 2.71. The molecule has 0 spiro atoms. The molecule has 1 aliphatic rings. The van der Waals surface area contributed by atoms with E-state index in [-0.39, 0.29) is 19.8 Å². The Hall–Kier alpha value is -1.89. The predicted octanol–water partition coefficient (Wildman–Crippen LogP) is 1.05. The van der Waals surface area contributed by atoms with Crippen molar-refractivity contribution in [3.63, 3.8) is 0 Å². The molecule has 0 aromatic heterocycles. The molecule has 164 valence electrons. The molecule has 30 heavy (non-hydrogen) atoms. The van der Waals surface area contributed by atoms with E-state index < -0.39 is 41.1 Å². The quantitative estimate of drug-likeness (QED) is 0.490. The molecule has 1 heterocycles. The van der Waals surface area contributed by atoms with Crippen LogP contribution in [0.3, 0.4) is 0 Å². The van der Waals surface area contributed by atoms with Crippen LogP contribution in [-0.4, -0.2) is 60.5 Å². The molecule has 5 atom stereocenters. The fourth-order valence-electron chi connectivity index (χ4n) is 3.11. The van der Waals surface area contributed by atoms with Crippen LogP contribution >= 0.6 is 0 Å². The van der Waals surface area contributed by atoms with Crippen LogP contribution in [-0.2, 0) is 42.0 Å². The first-order chi connectivity index (χ1) is 14.3. The smallest absolute Gasteiger partial charge is 0.387 e. The Morgan fingerprint density at radius 3 is 2.00 bits per heavy atom. The molecule has 1 fully saturated rings. The van der Waals surface area contributed by atoms with Gasteiger partial charge in [-0.05, 0) is 11.1 Å². The first-order valence-corrected chi connectivity index (χ1v) is 10.6. The minimum atomic E-state index is -4.93. The zero-order chi connectivity index (χ0) is 21.6. The van der Waals surface area contributed by atoms with E-state index in [1.807, 2.05) is 36.4 Å². The lowest BCUT2D eigenvalue weighted by Gasteiger charge is -2.41. The summed E-state index contributed by atoms with van der Waals surface area (Å²) in [6.07, 6.45) is -7.24. The Labute approximate surface area is 174 Å². The average molecular weight is 440 g/mol. The van der Waals surface area contributed by atoms with Crippen molar-refractivity contribution in [1.29, 1.82) is 0 Å². The second-order valence-electron chi connectivity index (χ2n) is 6.81. The van der Waals surface area contributed by atoms with Gasteiger partial charge in [-0.3, -0.25) is 4.55 Å². The highest BCUT2D eigenvalue weighted by atomic mass is 32.3. The summed E-state index contributed by atoms with van der Waals surface area (Å²) >= 11 is 0. The monoisotopic (exact) mass is 440 g/mol. The highest BCUT2D eigenvalue weighted by Gasteiger charge is 2.48. The van der Waals surface area contributed by atoms with Crippen LogP contribution in [0, 0.1) is 0 Å². The van der Waals surface area contributed by atoms with Gasteiger partial charge in [0.1, 0.15) is 24.4 Å². The van der Waals surface area contributed by atoms with Crippen LogP contribution in [0.25, 0.3) is 0 Å². The van der Waals surface area contributed by atoms with Crippen LogP contribution in [0.2, 0.25) is 0 Å². The molecule has 1 saturated heterocycles. The Morgan fingerprint density at radius 1 is 0.867 bits per heavy atom. The van der Waals surface area contributed by atoms with Gasteiger partial charge >= 0.3 is 10.4 Å². The van der Waals surface area contributed by atoms with Gasteiger partial charge in [-0.1, -0.05) is 60.7 Å². The van der Waals surface area contributed by atoms with E-state index in [2.05, 4.69) is 4.18 Å². The van der Waals surface area contributed by atoms with Crippen molar-refractivity contribution in [2.24, 2.45) is 0 Å². The third-order valence-electron chi connectivity index (χ3n) is 4.55. The minimum absolute atomic E-state index is 0.000837. The molecule has 10 heteroatoms. The number of rotatable bonds is 9. The van der Waals surface area contributed by atoms with Gasteiger partial charge < -0.3 is 24.4 Å². The Bertz CT molecular complexity index is 876. The molecule has 0 aliphatic carbocycles. The lowest BCUT2D eigenvalue weighted by atomic mass is 9.99. The Morgan fingerprint density at radius 2 is 1.43 bits per heavy atom. The summed E-state index contributed by atoms with van der Waals surface area (Å²) in [6, 6.07) is 18.2. The fourth-order valence-corrected chi connectivity index (χ4v) is 3.61. The van der Waals surface area contributed by atoms with Gasteiger partial charge in [0, 0.05) is 0 Å². The van der Waals surface area contributed by atoms with Gasteiger partial charge in [0.25, 0.3) is 0 Å². The van der Waals surface area contributed by atoms with Crippen molar-refractivity contribution in [2.75, 3.05) is 6.61 Å². The van der Waals surface area contributed by atoms with Crippen LogP contribution < -0.4 is 0 Å². The van der Waals surface area contributed by atoms with E-state index in [0.717, 1.165) is 11.1 Å². The van der Waals surface area contributed by atoms with Crippen molar-refractivity contribution in [1.82, 2.24) is 0 Å². The molecule has 3 rings (SSSR count). The SMILES string of the molecule is O=S(=O)(O)O[C@H]1[C@@H](O)[C@@H](COCc2ccccc2)O[C@@H](O)[C@@H]1OCc1ccccc1. The number of hydrogen-bond donors (Lipinski definition) is 3. The van der Waals surface area contributed by atoms with Gasteiger partial charge in [0.15, 0.2) is 6.29 Å². The molecular formula is C20H24O9S. The molecule has 0 radical (unpaired) electrons. The number of ether oxygens (including phenoxy) is 3. The highest BCUT2D eigenvalue weighted by Crippen LogP contribution is 2.27. The van der Waals surface area contributed by atoms with Crippen molar-refractivity contribution >= 4 is 10.4 Å². The lowest BCUT2D eigenvalue weighted by Crippen LogP contribution is -2.60. The summed E-state index contributed by atoms with van der Waals surface area (Å²) in [4.78, 5) is 0. The van der Waals surface area contributed by atoms with Gasteiger partial charge in [0.05, 0.1) is 19.8 Å². The molecule has 1 aliphatic heterocycles. The highest BCUT2D eigenvalue weighted by molar-refractivity contribution is 7.80. The number of aliphatic hydroxyl groups is 2. The van der Waals surface area contributed by atoms with Crippen molar-refractivity contribution in [3.05, 3.63) is 71.8 Å². The normalized spacial score (nSPS) is 27.1. The number of hydrogen-bond acceptors (Lipinski definition) is 8. The third kappa shape index (κ3) is 6.56. The van der Waals surface area contributed by atoms with E-state index >= 15 is 0 Å². The maximum absolute atomic E-state index is 11.3. The number of benzene rings is 2. The summed E-state index contributed by atoms with van der Waals surface area (Å²) in [5, 5.41) is 20.9. The van der Waals surface area contributed by atoms with Gasteiger partial charge in [0.2, 0.25) is 0 Å². The lowest BCUT2D eigenvalue weighted by molar-refractivity contribution is -0.296. The summed E-state index contributed by atoms with van der Waals surface area (Å²) < 4.78 is 52.8. The van der Waals surface area contributed by atoms with Crippen molar-refractivity contribution in [2.45, 2.75) is 43.9 Å². The van der Waals surface area contributed by atoms with E-state index in [1.54, 1.807) is 24.3 Å². The summed E-state index contributed by atoms with van der Waals surface area (Å²) in [5.41, 5.74) is 1.64. The maximum atomic E-state index is 11.3. The standard InChI is InChI=1S/C20H24O9S/c21-17-16(13-26-11-14-7-3-1-4-8-14)28-20(22)19(18(17)29-30(23,24)25)27-12-15-9-5-2-6-10-15/h1-10,16-22H,11-13H2,(H,23,24,25)/t16-,17+,18+,19-,20-/m1/s1. The predicted molar refractivity (Wildman–Crippen MR) is 104 cm³/mol. The molecular weight excluding hydrogens is 416 g/mol. The van der Waals surface area contributed by atoms with Crippen LogP contribution in [0.1, 0.15) is 11.1 Å². The summed E-state index contributed by atoms with van der Waals surface area (Å²) in [5.74, 6) is 0. The first kappa shape index (κ1) is 22.8. The molecule has 0 saturated carbocycles. The third-order valence-corrected chi connectivity index (χ3v) is 5.01. The zero-order valence-corrected chi connectivity index (χ0v) is 16.8. The first-order valence-electron chi connectivity index (χ1n) is 9.28. The fraction of sp³-hybridized carbons (Fsp3) is 0.400. The maximum Gasteiger partial charge on any atom is 0.397 e.